The first-order valence-corrected chi connectivity index (χ1v) is 11.1. The number of nitrogens with zero attached hydrogens (tertiary/aromatic N) is 7. The first-order chi connectivity index (χ1) is 16.3. The van der Waals surface area contributed by atoms with Gasteiger partial charge in [-0.15, -0.1) is 0 Å². The van der Waals surface area contributed by atoms with Crippen LogP contribution in [0.15, 0.2) is 35.4 Å². The Morgan fingerprint density at radius 1 is 1.12 bits per heavy atom. The van der Waals surface area contributed by atoms with E-state index in [0.717, 1.165) is 5.56 Å². The average Bonchev–Trinajstić information content (AvgIpc) is 2.83. The van der Waals surface area contributed by atoms with E-state index in [1.165, 1.54) is 16.7 Å². The van der Waals surface area contributed by atoms with Gasteiger partial charge in [0.05, 0.1) is 13.2 Å². The molecule has 3 aromatic heterocycles. The Kier molecular flexibility index (Phi) is 5.70. The number of rotatable bonds is 3. The Morgan fingerprint density at radius 2 is 1.88 bits per heavy atom. The van der Waals surface area contributed by atoms with Crippen molar-refractivity contribution in [2.24, 2.45) is 7.05 Å². The van der Waals surface area contributed by atoms with E-state index >= 15 is 0 Å². The van der Waals surface area contributed by atoms with Gasteiger partial charge in [0.25, 0.3) is 5.56 Å². The van der Waals surface area contributed by atoms with E-state index in [9.17, 15) is 9.18 Å². The van der Waals surface area contributed by atoms with Crippen molar-refractivity contribution in [1.82, 2.24) is 29.5 Å². The topological polar surface area (TPSA) is 98.9 Å². The van der Waals surface area contributed by atoms with Crippen LogP contribution in [0.1, 0.15) is 23.3 Å². The quantitative estimate of drug-likeness (QED) is 0.440. The van der Waals surface area contributed by atoms with Gasteiger partial charge in [0.15, 0.2) is 5.52 Å². The first kappa shape index (κ1) is 22.3. The summed E-state index contributed by atoms with van der Waals surface area (Å²) in [6.07, 6.45) is 3.16. The van der Waals surface area contributed by atoms with Gasteiger partial charge in [0.1, 0.15) is 34.8 Å². The number of halogens is 2. The minimum Gasteiger partial charge on any atom is -0.370 e. The summed E-state index contributed by atoms with van der Waals surface area (Å²) < 4.78 is 22.3. The molecule has 34 heavy (non-hydrogen) atoms. The molecule has 1 aliphatic rings. The summed E-state index contributed by atoms with van der Waals surface area (Å²) in [7, 11) is 1.62. The lowest BCUT2D eigenvalue weighted by atomic mass is 10.1. The molecular formula is C23H21ClFN7O2. The van der Waals surface area contributed by atoms with Crippen molar-refractivity contribution < 1.29 is 9.13 Å². The van der Waals surface area contributed by atoms with E-state index in [-0.39, 0.29) is 39.0 Å². The predicted octanol–water partition coefficient (Wildman–Crippen LogP) is 3.17. The average molecular weight is 482 g/mol. The fourth-order valence-electron chi connectivity index (χ4n) is 3.85. The third kappa shape index (κ3) is 3.99. The van der Waals surface area contributed by atoms with Crippen molar-refractivity contribution >= 4 is 28.6 Å². The molecule has 0 radical (unpaired) electrons. The van der Waals surface area contributed by atoms with Crippen molar-refractivity contribution in [2.45, 2.75) is 20.0 Å². The lowest BCUT2D eigenvalue weighted by Crippen LogP contribution is -2.39. The minimum absolute atomic E-state index is 0.115. The Morgan fingerprint density at radius 3 is 2.62 bits per heavy atom. The highest BCUT2D eigenvalue weighted by Gasteiger charge is 2.27. The van der Waals surface area contributed by atoms with Crippen LogP contribution in [-0.4, -0.2) is 49.2 Å². The number of hydrogen-bond acceptors (Lipinski definition) is 8. The molecule has 0 spiro atoms. The molecule has 1 saturated heterocycles. The van der Waals surface area contributed by atoms with Gasteiger partial charge in [-0.05, 0) is 32.0 Å². The first-order valence-electron chi connectivity index (χ1n) is 10.7. The second kappa shape index (κ2) is 8.69. The number of morpholine rings is 1. The van der Waals surface area contributed by atoms with Crippen molar-refractivity contribution in [3.63, 3.8) is 0 Å². The molecular weight excluding hydrogens is 461 g/mol. The van der Waals surface area contributed by atoms with Gasteiger partial charge in [-0.2, -0.15) is 0 Å². The Labute approximate surface area is 199 Å². The number of aromatic nitrogens is 6. The minimum atomic E-state index is -0.560. The maximum atomic E-state index is 14.9. The molecule has 0 bridgehead atoms. The zero-order chi connectivity index (χ0) is 24.0. The van der Waals surface area contributed by atoms with Crippen molar-refractivity contribution in [1.29, 1.82) is 0 Å². The number of anilines is 1. The van der Waals surface area contributed by atoms with Crippen LogP contribution in [0, 0.1) is 19.7 Å². The second-order valence-electron chi connectivity index (χ2n) is 8.09. The summed E-state index contributed by atoms with van der Waals surface area (Å²) >= 11 is 5.96. The molecule has 4 heterocycles. The van der Waals surface area contributed by atoms with Gasteiger partial charge in [-0.1, -0.05) is 11.6 Å². The van der Waals surface area contributed by atoms with Crippen LogP contribution >= 0.6 is 11.6 Å². The summed E-state index contributed by atoms with van der Waals surface area (Å²) in [5.41, 5.74) is 1.27. The van der Waals surface area contributed by atoms with E-state index in [2.05, 4.69) is 24.9 Å². The summed E-state index contributed by atoms with van der Waals surface area (Å²) in [6.45, 7) is 4.84. The monoisotopic (exact) mass is 481 g/mol. The van der Waals surface area contributed by atoms with Gasteiger partial charge < -0.3 is 9.64 Å². The Balaban J connectivity index is 1.65. The summed E-state index contributed by atoms with van der Waals surface area (Å²) in [6, 6.07) is 4.31. The smallest absolute Gasteiger partial charge is 0.279 e. The van der Waals surface area contributed by atoms with Crippen LogP contribution in [0.25, 0.3) is 22.3 Å². The number of aryl methyl sites for hydroxylation is 2. The van der Waals surface area contributed by atoms with Crippen LogP contribution in [-0.2, 0) is 11.8 Å². The molecule has 1 unspecified atom stereocenters. The lowest BCUT2D eigenvalue weighted by Gasteiger charge is -2.33. The maximum absolute atomic E-state index is 14.9. The van der Waals surface area contributed by atoms with E-state index in [1.54, 1.807) is 32.4 Å². The number of hydrogen-bond donors (Lipinski definition) is 0. The van der Waals surface area contributed by atoms with Crippen molar-refractivity contribution in [3.8, 4) is 11.3 Å². The highest BCUT2D eigenvalue weighted by molar-refractivity contribution is 6.30. The summed E-state index contributed by atoms with van der Waals surface area (Å²) in [4.78, 5) is 37.2. The molecule has 5 rings (SSSR count). The molecule has 4 aromatic rings. The summed E-state index contributed by atoms with van der Waals surface area (Å²) in [5.74, 6) is 0.869. The predicted molar refractivity (Wildman–Crippen MR) is 125 cm³/mol. The molecule has 1 atom stereocenters. The van der Waals surface area contributed by atoms with E-state index in [4.69, 9.17) is 16.3 Å². The standard InChI is InChI=1S/C23H21ClFN7O2/c1-12-26-9-14(10-27-12)18-11-32(6-7-34-18)23-29-19(16-5-4-15(24)8-17(16)25)20-21(30-23)22(33)31(3)13(2)28-20/h4-5,8-10,18H,6-7,11H2,1-3H3. The van der Waals surface area contributed by atoms with Crippen LogP contribution < -0.4 is 10.5 Å². The van der Waals surface area contributed by atoms with Gasteiger partial charge in [-0.25, -0.2) is 29.3 Å². The molecule has 174 valence electrons. The van der Waals surface area contributed by atoms with Crippen LogP contribution in [0.2, 0.25) is 5.02 Å². The Bertz CT molecular complexity index is 1460. The fourth-order valence-corrected chi connectivity index (χ4v) is 4.01. The zero-order valence-corrected chi connectivity index (χ0v) is 19.5. The van der Waals surface area contributed by atoms with Crippen LogP contribution in [0.3, 0.4) is 0 Å². The van der Waals surface area contributed by atoms with Gasteiger partial charge in [0, 0.05) is 42.1 Å². The normalized spacial score (nSPS) is 16.3. The SMILES string of the molecule is Cc1ncc(C2CN(c3nc(-c4ccc(Cl)cc4F)c4nc(C)n(C)c(=O)c4n3)CCO2)cn1. The Hall–Kier alpha value is -3.50. The van der Waals surface area contributed by atoms with Crippen molar-refractivity contribution in [2.75, 3.05) is 24.6 Å². The number of fused-ring (bicyclic) bond motifs is 1. The highest BCUT2D eigenvalue weighted by Crippen LogP contribution is 2.31. The molecule has 0 saturated carbocycles. The maximum Gasteiger partial charge on any atom is 0.279 e. The zero-order valence-electron chi connectivity index (χ0n) is 18.8. The van der Waals surface area contributed by atoms with Crippen LogP contribution in [0.5, 0.6) is 0 Å². The number of ether oxygens (including phenoxy) is 1. The molecule has 1 aliphatic heterocycles. The molecule has 1 aromatic carbocycles. The molecule has 0 aliphatic carbocycles. The fraction of sp³-hybridized carbons (Fsp3) is 0.304. The third-order valence-electron chi connectivity index (χ3n) is 5.85. The third-order valence-corrected chi connectivity index (χ3v) is 6.08. The van der Waals surface area contributed by atoms with Crippen LogP contribution in [0.4, 0.5) is 10.3 Å². The highest BCUT2D eigenvalue weighted by atomic mass is 35.5. The van der Waals surface area contributed by atoms with Gasteiger partial charge in [-0.3, -0.25) is 9.36 Å². The molecule has 9 nitrogen and oxygen atoms in total. The molecule has 0 amide bonds. The van der Waals surface area contributed by atoms with E-state index in [0.29, 0.717) is 37.3 Å². The molecule has 0 N–H and O–H groups in total. The number of benzene rings is 1. The summed E-state index contributed by atoms with van der Waals surface area (Å²) in [5, 5.41) is 0.260. The van der Waals surface area contributed by atoms with Gasteiger partial charge in [0.2, 0.25) is 5.95 Å². The second-order valence-corrected chi connectivity index (χ2v) is 8.52. The molecule has 11 heteroatoms. The van der Waals surface area contributed by atoms with E-state index in [1.807, 2.05) is 11.8 Å². The van der Waals surface area contributed by atoms with Crippen molar-refractivity contribution in [3.05, 3.63) is 69.0 Å². The largest absolute Gasteiger partial charge is 0.370 e. The lowest BCUT2D eigenvalue weighted by molar-refractivity contribution is 0.0388. The van der Waals surface area contributed by atoms with Gasteiger partial charge >= 0.3 is 0 Å². The molecule has 1 fully saturated rings. The van der Waals surface area contributed by atoms with E-state index < -0.39 is 5.82 Å².